The Bertz CT molecular complexity index is 722. The van der Waals surface area contributed by atoms with Crippen LogP contribution >= 0.6 is 31.9 Å². The van der Waals surface area contributed by atoms with Gasteiger partial charge in [0.25, 0.3) is 0 Å². The summed E-state index contributed by atoms with van der Waals surface area (Å²) in [5, 5.41) is 0. The molecular weight excluding hydrogens is 378 g/mol. The van der Waals surface area contributed by atoms with Crippen LogP contribution in [-0.4, -0.2) is 0 Å². The van der Waals surface area contributed by atoms with Gasteiger partial charge in [-0.3, -0.25) is 0 Å². The van der Waals surface area contributed by atoms with Gasteiger partial charge in [0.2, 0.25) is 5.69 Å². The summed E-state index contributed by atoms with van der Waals surface area (Å²) in [6.07, 6.45) is 4.16. The Morgan fingerprint density at radius 1 is 0.700 bits per heavy atom. The maximum atomic E-state index is 3.60. The number of halogens is 2. The molecule has 0 atom stereocenters. The van der Waals surface area contributed by atoms with Gasteiger partial charge in [0.15, 0.2) is 12.4 Å². The highest BCUT2D eigenvalue weighted by Gasteiger charge is 2.11. The zero-order valence-corrected chi connectivity index (χ0v) is 13.8. The van der Waals surface area contributed by atoms with Crippen molar-refractivity contribution in [3.8, 4) is 16.8 Å². The summed E-state index contributed by atoms with van der Waals surface area (Å²) in [6, 6.07) is 20.8. The predicted octanol–water partition coefficient (Wildman–Crippen LogP) is 5.16. The third-order valence-electron chi connectivity index (χ3n) is 3.12. The van der Waals surface area contributed by atoms with Crippen LogP contribution in [0.2, 0.25) is 0 Å². The zero-order chi connectivity index (χ0) is 13.9. The standard InChI is InChI=1S/C17H12Br2N/c18-15-6-7-17(16(19)12-15)20-10-8-14(9-11-20)13-4-2-1-3-5-13/h1-12H/q+1. The fourth-order valence-corrected chi connectivity index (χ4v) is 3.35. The van der Waals surface area contributed by atoms with Crippen molar-refractivity contribution in [1.82, 2.24) is 0 Å². The highest BCUT2D eigenvalue weighted by molar-refractivity contribution is 9.11. The average Bonchev–Trinajstić information content (AvgIpc) is 2.48. The third-order valence-corrected chi connectivity index (χ3v) is 4.25. The maximum Gasteiger partial charge on any atom is 0.224 e. The number of hydrogen-bond donors (Lipinski definition) is 0. The molecule has 0 aliphatic rings. The van der Waals surface area contributed by atoms with Crippen LogP contribution in [0.1, 0.15) is 0 Å². The van der Waals surface area contributed by atoms with Gasteiger partial charge in [0, 0.05) is 22.7 Å². The van der Waals surface area contributed by atoms with Crippen molar-refractivity contribution < 1.29 is 4.57 Å². The Morgan fingerprint density at radius 3 is 2.00 bits per heavy atom. The fraction of sp³-hybridized carbons (Fsp3) is 0. The smallest absolute Gasteiger partial charge is 0.166 e. The fourth-order valence-electron chi connectivity index (χ4n) is 2.10. The molecule has 0 spiro atoms. The molecule has 3 rings (SSSR count). The summed E-state index contributed by atoms with van der Waals surface area (Å²) in [5.74, 6) is 0. The lowest BCUT2D eigenvalue weighted by atomic mass is 10.1. The van der Waals surface area contributed by atoms with Gasteiger partial charge in [-0.2, -0.15) is 4.57 Å². The van der Waals surface area contributed by atoms with E-state index in [4.69, 9.17) is 0 Å². The van der Waals surface area contributed by atoms with Gasteiger partial charge < -0.3 is 0 Å². The summed E-state index contributed by atoms with van der Waals surface area (Å²) in [7, 11) is 0. The molecule has 0 unspecified atom stereocenters. The first-order valence-electron chi connectivity index (χ1n) is 6.26. The molecule has 0 saturated carbocycles. The van der Waals surface area contributed by atoms with Gasteiger partial charge in [0.1, 0.15) is 0 Å². The van der Waals surface area contributed by atoms with E-state index in [9.17, 15) is 0 Å². The van der Waals surface area contributed by atoms with Crippen LogP contribution in [0.25, 0.3) is 16.8 Å². The summed E-state index contributed by atoms with van der Waals surface area (Å²) in [4.78, 5) is 0. The molecular formula is C17H12Br2N+. The minimum atomic E-state index is 1.06. The lowest BCUT2D eigenvalue weighted by Crippen LogP contribution is -2.29. The van der Waals surface area contributed by atoms with Gasteiger partial charge in [-0.1, -0.05) is 46.3 Å². The molecule has 0 aliphatic heterocycles. The van der Waals surface area contributed by atoms with E-state index < -0.39 is 0 Å². The quantitative estimate of drug-likeness (QED) is 0.533. The molecule has 3 heteroatoms. The van der Waals surface area contributed by atoms with E-state index in [2.05, 4.69) is 91.3 Å². The monoisotopic (exact) mass is 388 g/mol. The van der Waals surface area contributed by atoms with Gasteiger partial charge in [-0.15, -0.1) is 0 Å². The molecule has 98 valence electrons. The van der Waals surface area contributed by atoms with Crippen molar-refractivity contribution in [2.75, 3.05) is 0 Å². The molecule has 0 saturated heterocycles. The molecule has 0 aliphatic carbocycles. The Balaban J connectivity index is 1.97. The minimum Gasteiger partial charge on any atom is -0.166 e. The SMILES string of the molecule is Brc1ccc(-[n+]2ccc(-c3ccccc3)cc2)c(Br)c1. The second-order valence-electron chi connectivity index (χ2n) is 4.46. The molecule has 1 nitrogen and oxygen atoms in total. The number of rotatable bonds is 2. The van der Waals surface area contributed by atoms with E-state index in [0.29, 0.717) is 0 Å². The van der Waals surface area contributed by atoms with Crippen LogP contribution in [0.15, 0.2) is 82.0 Å². The Morgan fingerprint density at radius 2 is 1.35 bits per heavy atom. The topological polar surface area (TPSA) is 3.88 Å². The second-order valence-corrected chi connectivity index (χ2v) is 6.23. The number of nitrogens with zero attached hydrogens (tertiary/aromatic N) is 1. The summed E-state index contributed by atoms with van der Waals surface area (Å²) >= 11 is 7.07. The molecule has 0 amide bonds. The van der Waals surface area contributed by atoms with E-state index >= 15 is 0 Å². The molecule has 0 bridgehead atoms. The summed E-state index contributed by atoms with van der Waals surface area (Å²) in [5.41, 5.74) is 3.57. The van der Waals surface area contributed by atoms with Crippen molar-refractivity contribution in [2.24, 2.45) is 0 Å². The second kappa shape index (κ2) is 5.90. The van der Waals surface area contributed by atoms with Gasteiger partial charge in [-0.05, 0) is 39.2 Å². The molecule has 3 aromatic rings. The van der Waals surface area contributed by atoms with Crippen molar-refractivity contribution in [3.05, 3.63) is 82.0 Å². The first-order chi connectivity index (χ1) is 9.74. The average molecular weight is 390 g/mol. The lowest BCUT2D eigenvalue weighted by molar-refractivity contribution is -0.596. The van der Waals surface area contributed by atoms with E-state index in [-0.39, 0.29) is 0 Å². The van der Waals surface area contributed by atoms with E-state index in [1.807, 2.05) is 18.2 Å². The number of aromatic nitrogens is 1. The van der Waals surface area contributed by atoms with Crippen LogP contribution in [0.3, 0.4) is 0 Å². The molecule has 0 fully saturated rings. The van der Waals surface area contributed by atoms with Crippen molar-refractivity contribution >= 4 is 31.9 Å². The van der Waals surface area contributed by atoms with Crippen molar-refractivity contribution in [1.29, 1.82) is 0 Å². The molecule has 20 heavy (non-hydrogen) atoms. The van der Waals surface area contributed by atoms with Gasteiger partial charge >= 0.3 is 0 Å². The van der Waals surface area contributed by atoms with Crippen LogP contribution in [0.4, 0.5) is 0 Å². The largest absolute Gasteiger partial charge is 0.224 e. The van der Waals surface area contributed by atoms with Crippen molar-refractivity contribution in [3.63, 3.8) is 0 Å². The Hall–Kier alpha value is -1.45. The zero-order valence-electron chi connectivity index (χ0n) is 10.6. The number of hydrogen-bond acceptors (Lipinski definition) is 0. The predicted molar refractivity (Wildman–Crippen MR) is 88.8 cm³/mol. The normalized spacial score (nSPS) is 10.5. The first-order valence-corrected chi connectivity index (χ1v) is 7.85. The van der Waals surface area contributed by atoms with Crippen LogP contribution < -0.4 is 4.57 Å². The molecule has 1 heterocycles. The highest BCUT2D eigenvalue weighted by atomic mass is 79.9. The molecule has 1 aromatic heterocycles. The van der Waals surface area contributed by atoms with E-state index in [0.717, 1.165) is 14.6 Å². The van der Waals surface area contributed by atoms with Crippen molar-refractivity contribution in [2.45, 2.75) is 0 Å². The summed E-state index contributed by atoms with van der Waals surface area (Å²) in [6.45, 7) is 0. The minimum absolute atomic E-state index is 1.06. The summed E-state index contributed by atoms with van der Waals surface area (Å²) < 4.78 is 4.22. The number of pyridine rings is 1. The maximum absolute atomic E-state index is 3.60. The first kappa shape index (κ1) is 13.5. The Kier molecular flexibility index (Phi) is 3.99. The molecule has 0 radical (unpaired) electrons. The van der Waals surface area contributed by atoms with Gasteiger partial charge in [-0.25, -0.2) is 0 Å². The highest BCUT2D eigenvalue weighted by Crippen LogP contribution is 2.22. The van der Waals surface area contributed by atoms with Crippen LogP contribution in [-0.2, 0) is 0 Å². The van der Waals surface area contributed by atoms with E-state index in [1.165, 1.54) is 11.1 Å². The number of benzene rings is 2. The lowest BCUT2D eigenvalue weighted by Gasteiger charge is -2.02. The van der Waals surface area contributed by atoms with Crippen LogP contribution in [0, 0.1) is 0 Å². The Labute approximate surface area is 135 Å². The third kappa shape index (κ3) is 2.84. The molecule has 0 N–H and O–H groups in total. The van der Waals surface area contributed by atoms with Crippen LogP contribution in [0.5, 0.6) is 0 Å². The van der Waals surface area contributed by atoms with E-state index in [1.54, 1.807) is 0 Å². The van der Waals surface area contributed by atoms with Gasteiger partial charge in [0.05, 0.1) is 4.47 Å². The molecule has 2 aromatic carbocycles.